The van der Waals surface area contributed by atoms with Gasteiger partial charge in [-0.1, -0.05) is 116 Å². The average molecular weight is 397 g/mol. The Bertz CT molecular complexity index is 267. The SMILES string of the molecule is CCCCCCCCCCCCN(C)CCCCCCCCCCCCNC. The topological polar surface area (TPSA) is 15.3 Å². The van der Waals surface area contributed by atoms with E-state index in [-0.39, 0.29) is 0 Å². The Hall–Kier alpha value is -0.0800. The molecule has 0 radical (unpaired) electrons. The van der Waals surface area contributed by atoms with E-state index in [1.165, 1.54) is 148 Å². The third-order valence-electron chi connectivity index (χ3n) is 6.11. The lowest BCUT2D eigenvalue weighted by Gasteiger charge is -2.16. The molecule has 28 heavy (non-hydrogen) atoms. The van der Waals surface area contributed by atoms with Crippen LogP contribution in [0, 0.1) is 0 Å². The van der Waals surface area contributed by atoms with Gasteiger partial charge in [0.1, 0.15) is 0 Å². The normalized spacial score (nSPS) is 11.6. The van der Waals surface area contributed by atoms with Gasteiger partial charge in [-0.3, -0.25) is 0 Å². The van der Waals surface area contributed by atoms with Crippen LogP contribution in [0.4, 0.5) is 0 Å². The van der Waals surface area contributed by atoms with Crippen molar-refractivity contribution in [1.82, 2.24) is 10.2 Å². The molecule has 0 spiro atoms. The molecule has 0 amide bonds. The highest BCUT2D eigenvalue weighted by Crippen LogP contribution is 2.12. The number of unbranched alkanes of at least 4 members (excludes halogenated alkanes) is 18. The van der Waals surface area contributed by atoms with Gasteiger partial charge < -0.3 is 10.2 Å². The zero-order valence-electron chi connectivity index (χ0n) is 20.2. The van der Waals surface area contributed by atoms with Crippen molar-refractivity contribution >= 4 is 0 Å². The molecule has 1 N–H and O–H groups in total. The van der Waals surface area contributed by atoms with Crippen molar-refractivity contribution < 1.29 is 0 Å². The van der Waals surface area contributed by atoms with Gasteiger partial charge in [0.25, 0.3) is 0 Å². The van der Waals surface area contributed by atoms with Gasteiger partial charge >= 0.3 is 0 Å². The van der Waals surface area contributed by atoms with Crippen molar-refractivity contribution in [2.75, 3.05) is 33.7 Å². The van der Waals surface area contributed by atoms with Gasteiger partial charge in [0.05, 0.1) is 0 Å². The minimum atomic E-state index is 1.19. The van der Waals surface area contributed by atoms with Gasteiger partial charge in [0.15, 0.2) is 0 Å². The zero-order valence-corrected chi connectivity index (χ0v) is 20.2. The van der Waals surface area contributed by atoms with Gasteiger partial charge in [0, 0.05) is 0 Å². The van der Waals surface area contributed by atoms with Crippen LogP contribution in [0.15, 0.2) is 0 Å². The highest BCUT2D eigenvalue weighted by atomic mass is 15.1. The molecule has 0 saturated heterocycles. The Morgan fingerprint density at radius 2 is 0.786 bits per heavy atom. The summed E-state index contributed by atoms with van der Waals surface area (Å²) in [4.78, 5) is 2.57. The van der Waals surface area contributed by atoms with Crippen LogP contribution in [0.3, 0.4) is 0 Å². The molecule has 0 aromatic heterocycles. The molecule has 0 aliphatic rings. The Labute approximate surface area is 179 Å². The summed E-state index contributed by atoms with van der Waals surface area (Å²) in [6.45, 7) is 6.11. The smallest absolute Gasteiger partial charge is 0.00218 e. The monoisotopic (exact) mass is 396 g/mol. The second kappa shape index (κ2) is 25.0. The minimum absolute atomic E-state index is 1.19. The van der Waals surface area contributed by atoms with Gasteiger partial charge in [0.2, 0.25) is 0 Å². The fourth-order valence-corrected chi connectivity index (χ4v) is 4.08. The Balaban J connectivity index is 3.12. The summed E-state index contributed by atoms with van der Waals surface area (Å²) in [6.07, 6.45) is 28.7. The number of hydrogen-bond donors (Lipinski definition) is 1. The van der Waals surface area contributed by atoms with E-state index in [9.17, 15) is 0 Å². The second-order valence-electron chi connectivity index (χ2n) is 9.12. The van der Waals surface area contributed by atoms with Crippen LogP contribution >= 0.6 is 0 Å². The Morgan fingerprint density at radius 1 is 0.464 bits per heavy atom. The molecule has 2 nitrogen and oxygen atoms in total. The van der Waals surface area contributed by atoms with E-state index in [0.717, 1.165) is 0 Å². The Morgan fingerprint density at radius 3 is 1.14 bits per heavy atom. The van der Waals surface area contributed by atoms with Crippen molar-refractivity contribution in [2.45, 2.75) is 135 Å². The molecular weight excluding hydrogens is 340 g/mol. The molecule has 0 unspecified atom stereocenters. The standard InChI is InChI=1S/C26H56N2/c1-4-5-6-7-8-9-13-16-19-22-25-28(3)26-23-20-17-14-11-10-12-15-18-21-24-27-2/h27H,4-26H2,1-3H3. The fourth-order valence-electron chi connectivity index (χ4n) is 4.08. The van der Waals surface area contributed by atoms with Gasteiger partial charge in [-0.15, -0.1) is 0 Å². The first kappa shape index (κ1) is 27.9. The van der Waals surface area contributed by atoms with Crippen molar-refractivity contribution in [1.29, 1.82) is 0 Å². The van der Waals surface area contributed by atoms with Crippen molar-refractivity contribution in [3.8, 4) is 0 Å². The van der Waals surface area contributed by atoms with E-state index in [1.807, 2.05) is 0 Å². The fraction of sp³-hybridized carbons (Fsp3) is 1.00. The molecule has 0 bridgehead atoms. The predicted molar refractivity (Wildman–Crippen MR) is 129 cm³/mol. The molecule has 0 saturated carbocycles. The first-order chi connectivity index (χ1) is 13.8. The molecule has 170 valence electrons. The first-order valence-corrected chi connectivity index (χ1v) is 13.1. The maximum absolute atomic E-state index is 3.23. The zero-order chi connectivity index (χ0) is 20.5. The molecule has 0 atom stereocenters. The van der Waals surface area contributed by atoms with Crippen LogP contribution < -0.4 is 5.32 Å². The summed E-state index contributed by atoms with van der Waals surface area (Å²) in [5.41, 5.74) is 0. The molecular formula is C26H56N2. The molecule has 0 fully saturated rings. The number of hydrogen-bond acceptors (Lipinski definition) is 2. The second-order valence-corrected chi connectivity index (χ2v) is 9.12. The van der Waals surface area contributed by atoms with Crippen molar-refractivity contribution in [3.63, 3.8) is 0 Å². The van der Waals surface area contributed by atoms with Gasteiger partial charge in [-0.25, -0.2) is 0 Å². The third kappa shape index (κ3) is 24.0. The summed E-state index contributed by atoms with van der Waals surface area (Å²) < 4.78 is 0. The van der Waals surface area contributed by atoms with Crippen LogP contribution in [-0.2, 0) is 0 Å². The highest BCUT2D eigenvalue weighted by molar-refractivity contribution is 4.55. The third-order valence-corrected chi connectivity index (χ3v) is 6.11. The van der Waals surface area contributed by atoms with Gasteiger partial charge in [-0.2, -0.15) is 0 Å². The number of nitrogens with zero attached hydrogens (tertiary/aromatic N) is 1. The van der Waals surface area contributed by atoms with Crippen LogP contribution in [-0.4, -0.2) is 38.6 Å². The van der Waals surface area contributed by atoms with E-state index in [0.29, 0.717) is 0 Å². The van der Waals surface area contributed by atoms with Crippen molar-refractivity contribution in [3.05, 3.63) is 0 Å². The lowest BCUT2D eigenvalue weighted by atomic mass is 10.1. The van der Waals surface area contributed by atoms with E-state index in [1.54, 1.807) is 0 Å². The highest BCUT2D eigenvalue weighted by Gasteiger charge is 1.99. The number of nitrogens with one attached hydrogen (secondary N) is 1. The Kier molecular flexibility index (Phi) is 24.9. The van der Waals surface area contributed by atoms with E-state index < -0.39 is 0 Å². The quantitative estimate of drug-likeness (QED) is 0.166. The summed E-state index contributed by atoms with van der Waals surface area (Å²) in [6, 6.07) is 0. The van der Waals surface area contributed by atoms with E-state index >= 15 is 0 Å². The minimum Gasteiger partial charge on any atom is -0.320 e. The van der Waals surface area contributed by atoms with Crippen LogP contribution in [0.5, 0.6) is 0 Å². The van der Waals surface area contributed by atoms with E-state index in [4.69, 9.17) is 0 Å². The molecule has 2 heteroatoms. The summed E-state index contributed by atoms with van der Waals surface area (Å²) in [5, 5.41) is 3.23. The van der Waals surface area contributed by atoms with Crippen LogP contribution in [0.2, 0.25) is 0 Å². The lowest BCUT2D eigenvalue weighted by Crippen LogP contribution is -2.20. The van der Waals surface area contributed by atoms with Crippen LogP contribution in [0.25, 0.3) is 0 Å². The van der Waals surface area contributed by atoms with E-state index in [2.05, 4.69) is 31.2 Å². The van der Waals surface area contributed by atoms with Crippen LogP contribution in [0.1, 0.15) is 135 Å². The maximum Gasteiger partial charge on any atom is -0.00218 e. The van der Waals surface area contributed by atoms with Gasteiger partial charge in [-0.05, 0) is 53.0 Å². The number of rotatable bonds is 24. The summed E-state index contributed by atoms with van der Waals surface area (Å²) in [5.74, 6) is 0. The first-order valence-electron chi connectivity index (χ1n) is 13.1. The van der Waals surface area contributed by atoms with Crippen molar-refractivity contribution in [2.24, 2.45) is 0 Å². The summed E-state index contributed by atoms with van der Waals surface area (Å²) >= 11 is 0. The molecule has 0 heterocycles. The molecule has 0 aromatic rings. The molecule has 0 aromatic carbocycles. The maximum atomic E-state index is 3.23. The molecule has 0 aliphatic carbocycles. The molecule has 0 aliphatic heterocycles. The largest absolute Gasteiger partial charge is 0.320 e. The molecule has 0 rings (SSSR count). The predicted octanol–water partition coefficient (Wildman–Crippen LogP) is 7.96. The average Bonchev–Trinajstić information content (AvgIpc) is 2.70. The summed E-state index contributed by atoms with van der Waals surface area (Å²) in [7, 11) is 4.37. The lowest BCUT2D eigenvalue weighted by molar-refractivity contribution is 0.314.